The highest BCUT2D eigenvalue weighted by Gasteiger charge is 2.11. The van der Waals surface area contributed by atoms with Crippen LogP contribution in [0.2, 0.25) is 0 Å². The molecule has 88 valence electrons. The van der Waals surface area contributed by atoms with Gasteiger partial charge in [-0.15, -0.1) is 0 Å². The maximum absolute atomic E-state index is 11.4. The molecule has 0 spiro atoms. The molecule has 0 aliphatic carbocycles. The zero-order valence-corrected chi connectivity index (χ0v) is 10.1. The molecule has 1 aromatic rings. The predicted octanol–water partition coefficient (Wildman–Crippen LogP) is 2.21. The molecule has 16 heavy (non-hydrogen) atoms. The number of carbonyl (C=O) groups is 1. The standard InChI is InChI=1S/C13H19NO2/c1-4-12(14-13(15)9-16-3)11-7-5-10(2)6-8-11/h5-8,12H,4,9H2,1-3H3,(H,14,15)/t12-/m0/s1. The van der Waals surface area contributed by atoms with Gasteiger partial charge in [0.25, 0.3) is 0 Å². The first kappa shape index (κ1) is 12.7. The number of amides is 1. The Bertz CT molecular complexity index is 332. The quantitative estimate of drug-likeness (QED) is 0.827. The van der Waals surface area contributed by atoms with Crippen LogP contribution in [0.25, 0.3) is 0 Å². The maximum atomic E-state index is 11.4. The number of methoxy groups -OCH3 is 1. The van der Waals surface area contributed by atoms with Crippen molar-refractivity contribution in [3.05, 3.63) is 35.4 Å². The highest BCUT2D eigenvalue weighted by molar-refractivity contribution is 5.77. The third-order valence-electron chi connectivity index (χ3n) is 2.50. The Balaban J connectivity index is 2.67. The van der Waals surface area contributed by atoms with Crippen molar-refractivity contribution in [2.24, 2.45) is 0 Å². The summed E-state index contributed by atoms with van der Waals surface area (Å²) in [6.45, 7) is 4.22. The van der Waals surface area contributed by atoms with E-state index in [0.717, 1.165) is 12.0 Å². The molecule has 1 amide bonds. The number of carbonyl (C=O) groups excluding carboxylic acids is 1. The van der Waals surface area contributed by atoms with Gasteiger partial charge in [0, 0.05) is 7.11 Å². The lowest BCUT2D eigenvalue weighted by Gasteiger charge is -2.17. The summed E-state index contributed by atoms with van der Waals surface area (Å²) < 4.78 is 4.79. The van der Waals surface area contributed by atoms with E-state index in [9.17, 15) is 4.79 Å². The van der Waals surface area contributed by atoms with Gasteiger partial charge >= 0.3 is 0 Å². The van der Waals surface area contributed by atoms with E-state index in [1.165, 1.54) is 12.7 Å². The van der Waals surface area contributed by atoms with Crippen molar-refractivity contribution >= 4 is 5.91 Å². The Morgan fingerprint density at radius 3 is 2.50 bits per heavy atom. The number of aryl methyl sites for hydroxylation is 1. The van der Waals surface area contributed by atoms with Crippen LogP contribution >= 0.6 is 0 Å². The molecule has 0 heterocycles. The van der Waals surface area contributed by atoms with E-state index in [-0.39, 0.29) is 18.6 Å². The van der Waals surface area contributed by atoms with Crippen LogP contribution in [0.5, 0.6) is 0 Å². The van der Waals surface area contributed by atoms with Crippen LogP contribution in [-0.2, 0) is 9.53 Å². The third-order valence-corrected chi connectivity index (χ3v) is 2.50. The molecule has 0 aromatic heterocycles. The Morgan fingerprint density at radius 2 is 2.00 bits per heavy atom. The summed E-state index contributed by atoms with van der Waals surface area (Å²) in [5.74, 6) is -0.0741. The van der Waals surface area contributed by atoms with Gasteiger partial charge in [0.1, 0.15) is 6.61 Å². The lowest BCUT2D eigenvalue weighted by atomic mass is 10.0. The average Bonchev–Trinajstić information content (AvgIpc) is 2.27. The predicted molar refractivity (Wildman–Crippen MR) is 64.2 cm³/mol. The smallest absolute Gasteiger partial charge is 0.246 e. The summed E-state index contributed by atoms with van der Waals surface area (Å²) >= 11 is 0. The van der Waals surface area contributed by atoms with Crippen molar-refractivity contribution in [1.82, 2.24) is 5.32 Å². The minimum atomic E-state index is -0.0741. The Kier molecular flexibility index (Phi) is 4.99. The van der Waals surface area contributed by atoms with Crippen LogP contribution in [0, 0.1) is 6.92 Å². The summed E-state index contributed by atoms with van der Waals surface area (Å²) in [5, 5.41) is 2.94. The first-order chi connectivity index (χ1) is 7.67. The summed E-state index contributed by atoms with van der Waals surface area (Å²) in [6.07, 6.45) is 0.874. The van der Waals surface area contributed by atoms with Crippen molar-refractivity contribution in [3.8, 4) is 0 Å². The number of benzene rings is 1. The molecule has 1 N–H and O–H groups in total. The fraction of sp³-hybridized carbons (Fsp3) is 0.462. The van der Waals surface area contributed by atoms with Gasteiger partial charge in [0.2, 0.25) is 5.91 Å². The maximum Gasteiger partial charge on any atom is 0.246 e. The SMILES string of the molecule is CC[C@H](NC(=O)COC)c1ccc(C)cc1. The Morgan fingerprint density at radius 1 is 1.38 bits per heavy atom. The summed E-state index contributed by atoms with van der Waals surface area (Å²) in [5.41, 5.74) is 2.36. The number of hydrogen-bond acceptors (Lipinski definition) is 2. The molecule has 3 heteroatoms. The fourth-order valence-electron chi connectivity index (χ4n) is 1.59. The van der Waals surface area contributed by atoms with Gasteiger partial charge < -0.3 is 10.1 Å². The van der Waals surface area contributed by atoms with Gasteiger partial charge in [-0.2, -0.15) is 0 Å². The number of nitrogens with one attached hydrogen (secondary N) is 1. The second-order valence-electron chi connectivity index (χ2n) is 3.87. The van der Waals surface area contributed by atoms with Gasteiger partial charge in [0.15, 0.2) is 0 Å². The largest absolute Gasteiger partial charge is 0.375 e. The van der Waals surface area contributed by atoms with E-state index in [2.05, 4.69) is 36.5 Å². The number of hydrogen-bond donors (Lipinski definition) is 1. The van der Waals surface area contributed by atoms with E-state index < -0.39 is 0 Å². The monoisotopic (exact) mass is 221 g/mol. The van der Waals surface area contributed by atoms with Crippen LogP contribution in [0.1, 0.15) is 30.5 Å². The van der Waals surface area contributed by atoms with Crippen molar-refractivity contribution in [2.45, 2.75) is 26.3 Å². The van der Waals surface area contributed by atoms with E-state index in [1.807, 2.05) is 6.92 Å². The highest BCUT2D eigenvalue weighted by Crippen LogP contribution is 2.16. The second kappa shape index (κ2) is 6.28. The first-order valence-corrected chi connectivity index (χ1v) is 5.52. The lowest BCUT2D eigenvalue weighted by molar-refractivity contribution is -0.125. The molecule has 0 bridgehead atoms. The number of ether oxygens (including phenoxy) is 1. The van der Waals surface area contributed by atoms with Crippen LogP contribution in [-0.4, -0.2) is 19.6 Å². The lowest BCUT2D eigenvalue weighted by Crippen LogP contribution is -2.31. The van der Waals surface area contributed by atoms with E-state index in [4.69, 9.17) is 4.74 Å². The fourth-order valence-corrected chi connectivity index (χ4v) is 1.59. The van der Waals surface area contributed by atoms with Gasteiger partial charge in [-0.05, 0) is 18.9 Å². The Labute approximate surface area is 96.8 Å². The van der Waals surface area contributed by atoms with E-state index in [0.29, 0.717) is 0 Å². The van der Waals surface area contributed by atoms with E-state index >= 15 is 0 Å². The average molecular weight is 221 g/mol. The molecule has 0 aliphatic rings. The first-order valence-electron chi connectivity index (χ1n) is 5.52. The van der Waals surface area contributed by atoms with Crippen LogP contribution < -0.4 is 5.32 Å². The molecule has 0 aliphatic heterocycles. The summed E-state index contributed by atoms with van der Waals surface area (Å²) in [7, 11) is 1.52. The van der Waals surface area contributed by atoms with Crippen molar-refractivity contribution < 1.29 is 9.53 Å². The second-order valence-corrected chi connectivity index (χ2v) is 3.87. The Hall–Kier alpha value is -1.35. The summed E-state index contributed by atoms with van der Waals surface area (Å²) in [4.78, 5) is 11.4. The van der Waals surface area contributed by atoms with Crippen LogP contribution in [0.4, 0.5) is 0 Å². The van der Waals surface area contributed by atoms with Crippen molar-refractivity contribution in [2.75, 3.05) is 13.7 Å². The topological polar surface area (TPSA) is 38.3 Å². The van der Waals surface area contributed by atoms with Crippen LogP contribution in [0.15, 0.2) is 24.3 Å². The normalized spacial score (nSPS) is 12.2. The molecular formula is C13H19NO2. The van der Waals surface area contributed by atoms with Crippen LogP contribution in [0.3, 0.4) is 0 Å². The molecule has 0 radical (unpaired) electrons. The zero-order chi connectivity index (χ0) is 12.0. The van der Waals surface area contributed by atoms with Crippen molar-refractivity contribution in [3.63, 3.8) is 0 Å². The molecule has 3 nitrogen and oxygen atoms in total. The molecule has 0 saturated carbocycles. The highest BCUT2D eigenvalue weighted by atomic mass is 16.5. The molecule has 0 unspecified atom stereocenters. The minimum absolute atomic E-state index is 0.0725. The molecule has 1 atom stereocenters. The van der Waals surface area contributed by atoms with E-state index in [1.54, 1.807) is 0 Å². The van der Waals surface area contributed by atoms with Gasteiger partial charge in [-0.3, -0.25) is 4.79 Å². The molecule has 1 aromatic carbocycles. The molecule has 0 saturated heterocycles. The molecule has 1 rings (SSSR count). The third kappa shape index (κ3) is 3.66. The van der Waals surface area contributed by atoms with Gasteiger partial charge in [-0.25, -0.2) is 0 Å². The van der Waals surface area contributed by atoms with Crippen molar-refractivity contribution in [1.29, 1.82) is 0 Å². The molecule has 0 fully saturated rings. The summed E-state index contributed by atoms with van der Waals surface area (Å²) in [6, 6.07) is 8.29. The number of rotatable bonds is 5. The van der Waals surface area contributed by atoms with Gasteiger partial charge in [-0.1, -0.05) is 36.8 Å². The zero-order valence-electron chi connectivity index (χ0n) is 10.1. The minimum Gasteiger partial charge on any atom is -0.375 e. The van der Waals surface area contributed by atoms with Gasteiger partial charge in [0.05, 0.1) is 6.04 Å². The molecular weight excluding hydrogens is 202 g/mol.